The second-order valence-electron chi connectivity index (χ2n) is 20.0. The van der Waals surface area contributed by atoms with Crippen LogP contribution in [0.15, 0.2) is 0 Å². The Bertz CT molecular complexity index is 1360. The predicted octanol–water partition coefficient (Wildman–Crippen LogP) is 5.69. The first-order chi connectivity index (χ1) is 22.9. The molecule has 9 aliphatic rings. The number of nitrogens with zero attached hydrogens (tertiary/aromatic N) is 1. The molecule has 5 aliphatic carbocycles. The summed E-state index contributed by atoms with van der Waals surface area (Å²) in [5.41, 5.74) is -1.33. The molecule has 4 aliphatic heterocycles. The van der Waals surface area contributed by atoms with Crippen LogP contribution in [-0.2, 0) is 19.0 Å². The van der Waals surface area contributed by atoms with Gasteiger partial charge < -0.3 is 34.6 Å². The summed E-state index contributed by atoms with van der Waals surface area (Å²) in [6.07, 6.45) is 8.11. The topological polar surface area (TPSA) is 118 Å². The van der Waals surface area contributed by atoms with Crippen LogP contribution in [0.3, 0.4) is 0 Å². The first-order valence-electron chi connectivity index (χ1n) is 19.8. The molecule has 276 valence electrons. The lowest BCUT2D eigenvalue weighted by Gasteiger charge is -2.63. The maximum atomic E-state index is 13.4. The molecule has 3 N–H and O–H groups in total. The quantitative estimate of drug-likeness (QED) is 0.317. The van der Waals surface area contributed by atoms with Crippen molar-refractivity contribution in [3.63, 3.8) is 0 Å². The van der Waals surface area contributed by atoms with E-state index in [1.807, 2.05) is 0 Å². The highest BCUT2D eigenvalue weighted by Crippen LogP contribution is 2.89. The van der Waals surface area contributed by atoms with Crippen LogP contribution in [0.2, 0.25) is 0 Å². The fourth-order valence-electron chi connectivity index (χ4n) is 15.0. The number of amides is 1. The molecule has 4 heterocycles. The number of rotatable bonds is 5. The molecule has 0 aromatic carbocycles. The lowest BCUT2D eigenvalue weighted by atomic mass is 9.41. The van der Waals surface area contributed by atoms with Gasteiger partial charge in [0, 0.05) is 30.3 Å². The molecule has 1 amide bonds. The lowest BCUT2D eigenvalue weighted by molar-refractivity contribution is -0.216. The third-order valence-electron chi connectivity index (χ3n) is 17.3. The molecule has 9 heteroatoms. The maximum Gasteiger partial charge on any atom is 0.407 e. The van der Waals surface area contributed by atoms with Crippen molar-refractivity contribution in [2.24, 2.45) is 56.7 Å². The van der Waals surface area contributed by atoms with Crippen molar-refractivity contribution in [1.29, 1.82) is 0 Å². The monoisotopic (exact) mass is 684 g/mol. The van der Waals surface area contributed by atoms with E-state index in [1.54, 1.807) is 13.8 Å². The van der Waals surface area contributed by atoms with Gasteiger partial charge in [0.15, 0.2) is 6.10 Å². The number of nitrogens with one attached hydrogen (secondary N) is 1. The summed E-state index contributed by atoms with van der Waals surface area (Å²) in [4.78, 5) is 27.9. The van der Waals surface area contributed by atoms with E-state index in [0.29, 0.717) is 24.2 Å². The van der Waals surface area contributed by atoms with Crippen molar-refractivity contribution >= 4 is 12.1 Å². The Hall–Kier alpha value is -1.42. The molecule has 14 atom stereocenters. The van der Waals surface area contributed by atoms with Crippen molar-refractivity contribution in [2.75, 3.05) is 19.6 Å². The van der Waals surface area contributed by atoms with E-state index in [4.69, 9.17) is 14.2 Å². The van der Waals surface area contributed by atoms with Gasteiger partial charge in [0.2, 0.25) is 0 Å². The van der Waals surface area contributed by atoms with Gasteiger partial charge in [-0.25, -0.2) is 4.79 Å². The number of aliphatic hydroxyl groups excluding tert-OH is 1. The zero-order valence-corrected chi connectivity index (χ0v) is 31.4. The van der Waals surface area contributed by atoms with Gasteiger partial charge in [0.05, 0.1) is 23.9 Å². The summed E-state index contributed by atoms with van der Waals surface area (Å²) >= 11 is 0. The van der Waals surface area contributed by atoms with Gasteiger partial charge in [-0.1, -0.05) is 34.6 Å². The van der Waals surface area contributed by atoms with Gasteiger partial charge in [-0.2, -0.15) is 0 Å². The minimum atomic E-state index is -1.26. The molecule has 49 heavy (non-hydrogen) atoms. The molecule has 9 unspecified atom stereocenters. The number of carbonyl (C=O) groups excluding carboxylic acids is 2. The maximum absolute atomic E-state index is 13.4. The van der Waals surface area contributed by atoms with Crippen molar-refractivity contribution in [3.8, 4) is 0 Å². The van der Waals surface area contributed by atoms with Gasteiger partial charge in [-0.3, -0.25) is 4.79 Å². The average Bonchev–Trinajstić information content (AvgIpc) is 3.66. The molecule has 0 aromatic rings. The number of carbonyl (C=O) groups is 2. The van der Waals surface area contributed by atoms with Crippen LogP contribution in [0.5, 0.6) is 0 Å². The predicted molar refractivity (Wildman–Crippen MR) is 184 cm³/mol. The van der Waals surface area contributed by atoms with Crippen LogP contribution in [0, 0.1) is 56.7 Å². The first kappa shape index (κ1) is 34.7. The molecular weight excluding hydrogens is 620 g/mol. The molecule has 9 rings (SSSR count). The highest BCUT2D eigenvalue weighted by molar-refractivity contribution is 5.68. The summed E-state index contributed by atoms with van der Waals surface area (Å²) < 4.78 is 18.9. The van der Waals surface area contributed by atoms with Crippen LogP contribution < -0.4 is 5.32 Å². The molecular formula is C40H64N2O7. The van der Waals surface area contributed by atoms with E-state index < -0.39 is 29.9 Å². The Labute approximate surface area is 293 Å². The average molecular weight is 685 g/mol. The number of fused-ring (bicyclic) bond motifs is 7. The van der Waals surface area contributed by atoms with Crippen LogP contribution in [0.25, 0.3) is 0 Å². The minimum Gasteiger partial charge on any atom is -0.457 e. The third-order valence-corrected chi connectivity index (χ3v) is 17.3. The SMILES string of the molecule is CC(=O)OC(C1C[C@@H](C)[C@H]2C(O1)[C@H](O)[C@@]1(C)C3CC[C@H]4C(C)(C)C(OC(=O)NC5CN6CCC5CC6)CCC45CC35CCC21C)C(C)(C)O. The van der Waals surface area contributed by atoms with E-state index in [2.05, 4.69) is 44.8 Å². The third kappa shape index (κ3) is 4.68. The second kappa shape index (κ2) is 11.1. The summed E-state index contributed by atoms with van der Waals surface area (Å²) in [6, 6.07) is 0.207. The number of hydrogen-bond acceptors (Lipinski definition) is 8. The first-order valence-corrected chi connectivity index (χ1v) is 19.8. The Balaban J connectivity index is 1.01. The van der Waals surface area contributed by atoms with E-state index in [9.17, 15) is 19.8 Å². The van der Waals surface area contributed by atoms with Crippen LogP contribution >= 0.6 is 0 Å². The minimum absolute atomic E-state index is 0.0806. The van der Waals surface area contributed by atoms with Crippen LogP contribution in [0.4, 0.5) is 4.79 Å². The molecule has 4 saturated heterocycles. The number of hydrogen-bond donors (Lipinski definition) is 3. The van der Waals surface area contributed by atoms with Crippen LogP contribution in [-0.4, -0.2) is 89.0 Å². The van der Waals surface area contributed by atoms with E-state index in [-0.39, 0.29) is 63.3 Å². The molecule has 5 saturated carbocycles. The summed E-state index contributed by atoms with van der Waals surface area (Å²) in [5, 5.41) is 26.9. The molecule has 9 nitrogen and oxygen atoms in total. The van der Waals surface area contributed by atoms with Gasteiger partial charge in [-0.15, -0.1) is 0 Å². The zero-order valence-electron chi connectivity index (χ0n) is 31.4. The number of ether oxygens (including phenoxy) is 3. The Morgan fingerprint density at radius 2 is 1.65 bits per heavy atom. The van der Waals surface area contributed by atoms with Gasteiger partial charge in [0.1, 0.15) is 6.10 Å². The Morgan fingerprint density at radius 3 is 2.29 bits per heavy atom. The van der Waals surface area contributed by atoms with Gasteiger partial charge in [-0.05, 0) is 137 Å². The standard InChI is InChI=1S/C40H64N2O7/c1-22-19-26(33(36(5,6)46)47-23(2)43)48-31-30(22)37(7)15-16-40-21-39(40)14-11-29(49-34(45)41-25-20-42-17-12-24(25)13-18-42)35(3,4)27(39)9-10-28(40)38(37,8)32(31)44/h22,24-33,44,46H,9-21H2,1-8H3,(H,41,45)/t22-,25?,26?,27+,28?,29?,30+,31?,32+,33?,37?,38-,39?,40?/m1/s1. The van der Waals surface area contributed by atoms with Gasteiger partial charge in [0.25, 0.3) is 0 Å². The molecule has 9 fully saturated rings. The number of piperidine rings is 3. The highest BCUT2D eigenvalue weighted by Gasteiger charge is 2.85. The molecule has 2 bridgehead atoms. The normalized spacial score (nSPS) is 52.7. The van der Waals surface area contributed by atoms with Crippen molar-refractivity contribution in [3.05, 3.63) is 0 Å². The van der Waals surface area contributed by atoms with Crippen molar-refractivity contribution in [2.45, 2.75) is 162 Å². The molecule has 0 radical (unpaired) electrons. The summed E-state index contributed by atoms with van der Waals surface area (Å²) in [6.45, 7) is 19.8. The molecule has 2 spiro atoms. The molecule has 0 aromatic heterocycles. The zero-order chi connectivity index (χ0) is 35.1. The fraction of sp³-hybridized carbons (Fsp3) is 0.950. The second-order valence-corrected chi connectivity index (χ2v) is 20.0. The smallest absolute Gasteiger partial charge is 0.407 e. The Kier molecular flexibility index (Phi) is 7.82. The number of aliphatic hydroxyl groups is 2. The lowest BCUT2D eigenvalue weighted by Crippen LogP contribution is -2.60. The summed E-state index contributed by atoms with van der Waals surface area (Å²) in [7, 11) is 0. The van der Waals surface area contributed by atoms with Crippen molar-refractivity contribution in [1.82, 2.24) is 10.2 Å². The number of alkyl carbamates (subject to hydrolysis) is 1. The van der Waals surface area contributed by atoms with E-state index >= 15 is 0 Å². The highest BCUT2D eigenvalue weighted by atomic mass is 16.6. The Morgan fingerprint density at radius 1 is 0.980 bits per heavy atom. The van der Waals surface area contributed by atoms with Crippen LogP contribution in [0.1, 0.15) is 120 Å². The number of esters is 1. The van der Waals surface area contributed by atoms with E-state index in [0.717, 1.165) is 51.7 Å². The van der Waals surface area contributed by atoms with Gasteiger partial charge >= 0.3 is 12.1 Å². The largest absolute Gasteiger partial charge is 0.457 e. The van der Waals surface area contributed by atoms with Crippen molar-refractivity contribution < 1.29 is 34.0 Å². The summed E-state index contributed by atoms with van der Waals surface area (Å²) in [5.74, 6) is 1.49. The van der Waals surface area contributed by atoms with E-state index in [1.165, 1.54) is 32.6 Å². The fourth-order valence-corrected chi connectivity index (χ4v) is 15.0.